The summed E-state index contributed by atoms with van der Waals surface area (Å²) in [6, 6.07) is 5.81. The van der Waals surface area contributed by atoms with Crippen LogP contribution in [-0.2, 0) is 24.4 Å². The summed E-state index contributed by atoms with van der Waals surface area (Å²) in [6.45, 7) is 0.836. The maximum atomic E-state index is 12.9. The number of amides is 3. The van der Waals surface area contributed by atoms with Crippen molar-refractivity contribution in [3.05, 3.63) is 24.3 Å². The summed E-state index contributed by atoms with van der Waals surface area (Å²) in [4.78, 5) is 36.3. The van der Waals surface area contributed by atoms with Gasteiger partial charge in [0.25, 0.3) is 0 Å². The van der Waals surface area contributed by atoms with Crippen LogP contribution in [0.2, 0.25) is 0 Å². The van der Waals surface area contributed by atoms with Crippen LogP contribution in [0.5, 0.6) is 0 Å². The van der Waals surface area contributed by atoms with Gasteiger partial charge in [0, 0.05) is 25.9 Å². The van der Waals surface area contributed by atoms with E-state index in [0.29, 0.717) is 31.6 Å². The molecule has 4 rings (SSSR count). The largest absolute Gasteiger partial charge is 0.337 e. The van der Waals surface area contributed by atoms with Gasteiger partial charge in [-0.15, -0.1) is 0 Å². The molecule has 3 fully saturated rings. The van der Waals surface area contributed by atoms with Crippen molar-refractivity contribution in [3.63, 3.8) is 0 Å². The highest BCUT2D eigenvalue weighted by Gasteiger charge is 2.42. The quantitative estimate of drug-likeness (QED) is 0.673. The van der Waals surface area contributed by atoms with E-state index in [1.807, 2.05) is 0 Å². The predicted molar refractivity (Wildman–Crippen MR) is 95.0 cm³/mol. The van der Waals surface area contributed by atoms with E-state index in [0.717, 1.165) is 4.90 Å². The summed E-state index contributed by atoms with van der Waals surface area (Å²) in [5.41, 5.74) is -0.124. The van der Waals surface area contributed by atoms with Crippen LogP contribution in [0, 0.1) is 0 Å². The maximum Gasteiger partial charge on any atom is 0.243 e. The van der Waals surface area contributed by atoms with Crippen LogP contribution in [-0.4, -0.2) is 55.7 Å². The summed E-state index contributed by atoms with van der Waals surface area (Å²) in [5, 5.41) is 6.02. The number of nitrogens with one attached hydrogen (secondary N) is 2. The van der Waals surface area contributed by atoms with Gasteiger partial charge in [-0.2, -0.15) is 4.31 Å². The second-order valence-corrected chi connectivity index (χ2v) is 8.94. The van der Waals surface area contributed by atoms with E-state index < -0.39 is 15.7 Å². The summed E-state index contributed by atoms with van der Waals surface area (Å²) >= 11 is 0. The van der Waals surface area contributed by atoms with E-state index >= 15 is 0 Å². The summed E-state index contributed by atoms with van der Waals surface area (Å²) in [5.74, 6) is -0.626. The molecule has 0 aliphatic carbocycles. The lowest BCUT2D eigenvalue weighted by molar-refractivity contribution is -0.121. The average Bonchev–Trinajstić information content (AvgIpc) is 3.17. The van der Waals surface area contributed by atoms with Crippen LogP contribution in [0.4, 0.5) is 5.69 Å². The molecule has 0 bridgehead atoms. The van der Waals surface area contributed by atoms with E-state index in [1.54, 1.807) is 0 Å². The Labute approximate surface area is 156 Å². The van der Waals surface area contributed by atoms with Crippen molar-refractivity contribution >= 4 is 33.4 Å². The van der Waals surface area contributed by atoms with Gasteiger partial charge in [-0.05, 0) is 37.1 Å². The first kappa shape index (κ1) is 18.1. The number of hydrogen-bond acceptors (Lipinski definition) is 6. The fourth-order valence-electron chi connectivity index (χ4n) is 3.80. The first-order valence-corrected chi connectivity index (χ1v) is 10.3. The van der Waals surface area contributed by atoms with Gasteiger partial charge in [0.1, 0.15) is 0 Å². The topological polar surface area (TPSA) is 116 Å². The van der Waals surface area contributed by atoms with Gasteiger partial charge < -0.3 is 5.32 Å². The fourth-order valence-corrected chi connectivity index (χ4v) is 5.24. The van der Waals surface area contributed by atoms with Gasteiger partial charge in [0.2, 0.25) is 27.7 Å². The molecule has 9 nitrogen and oxygen atoms in total. The minimum Gasteiger partial charge on any atom is -0.337 e. The van der Waals surface area contributed by atoms with Crippen molar-refractivity contribution in [3.8, 4) is 0 Å². The van der Waals surface area contributed by atoms with Crippen molar-refractivity contribution in [1.82, 2.24) is 14.9 Å². The number of carbonyl (C=O) groups is 3. The number of rotatable bonds is 3. The fraction of sp³-hybridized carbons (Fsp3) is 0.471. The molecule has 1 aromatic rings. The highest BCUT2D eigenvalue weighted by molar-refractivity contribution is 7.89. The Hall–Kier alpha value is -2.30. The zero-order valence-electron chi connectivity index (χ0n) is 14.6. The van der Waals surface area contributed by atoms with Crippen molar-refractivity contribution in [2.75, 3.05) is 24.5 Å². The Morgan fingerprint density at radius 1 is 0.926 bits per heavy atom. The molecule has 1 spiro atoms. The SMILES string of the molecule is O=C1CNC2(CCN(S(=O)(=O)c3ccc(N4C(=O)CCC4=O)cc3)CC2)N1. The molecule has 2 N–H and O–H groups in total. The number of anilines is 1. The standard InChI is InChI=1S/C17H20N4O5S/c22-14-11-18-17(19-14)7-9-20(10-8-17)27(25,26)13-3-1-12(2-4-13)21-15(23)5-6-16(21)24/h1-4,18H,5-11H2,(H,19,22). The number of sulfonamides is 1. The smallest absolute Gasteiger partial charge is 0.243 e. The minimum absolute atomic E-state index is 0.0760. The minimum atomic E-state index is -3.68. The van der Waals surface area contributed by atoms with Crippen molar-refractivity contribution < 1.29 is 22.8 Å². The number of benzene rings is 1. The number of piperidine rings is 1. The number of imide groups is 1. The molecule has 3 heterocycles. The molecule has 0 aromatic heterocycles. The summed E-state index contributed by atoms with van der Waals surface area (Å²) < 4.78 is 27.2. The van der Waals surface area contributed by atoms with Crippen molar-refractivity contribution in [2.24, 2.45) is 0 Å². The molecule has 3 saturated heterocycles. The van der Waals surface area contributed by atoms with Crippen molar-refractivity contribution in [2.45, 2.75) is 36.2 Å². The Bertz CT molecular complexity index is 888. The van der Waals surface area contributed by atoms with E-state index in [2.05, 4.69) is 10.6 Å². The lowest BCUT2D eigenvalue weighted by atomic mass is 9.99. The number of hydrogen-bond donors (Lipinski definition) is 2. The Balaban J connectivity index is 1.49. The van der Waals surface area contributed by atoms with Gasteiger partial charge in [-0.25, -0.2) is 8.42 Å². The molecule has 0 unspecified atom stereocenters. The number of nitrogens with zero attached hydrogens (tertiary/aromatic N) is 2. The normalized spacial score (nSPS) is 23.3. The molecule has 27 heavy (non-hydrogen) atoms. The van der Waals surface area contributed by atoms with Crippen LogP contribution in [0.1, 0.15) is 25.7 Å². The third-order valence-corrected chi connectivity index (χ3v) is 7.24. The zero-order valence-corrected chi connectivity index (χ0v) is 15.4. The number of carbonyl (C=O) groups excluding carboxylic acids is 3. The van der Waals surface area contributed by atoms with Crippen LogP contribution in [0.25, 0.3) is 0 Å². The lowest BCUT2D eigenvalue weighted by Crippen LogP contribution is -2.57. The van der Waals surface area contributed by atoms with Gasteiger partial charge in [0.15, 0.2) is 0 Å². The molecule has 0 saturated carbocycles. The first-order valence-electron chi connectivity index (χ1n) is 8.83. The molecule has 0 radical (unpaired) electrons. The van der Waals surface area contributed by atoms with Crippen LogP contribution in [0.3, 0.4) is 0 Å². The first-order chi connectivity index (χ1) is 12.8. The Kier molecular flexibility index (Phi) is 4.28. The molecule has 10 heteroatoms. The van der Waals surface area contributed by atoms with E-state index in [4.69, 9.17) is 0 Å². The third kappa shape index (κ3) is 3.13. The molecule has 3 aliphatic rings. The summed E-state index contributed by atoms with van der Waals surface area (Å²) in [7, 11) is -3.68. The zero-order chi connectivity index (χ0) is 19.2. The second-order valence-electron chi connectivity index (χ2n) is 7.00. The van der Waals surface area contributed by atoms with E-state index in [9.17, 15) is 22.8 Å². The van der Waals surface area contributed by atoms with E-state index in [-0.39, 0.29) is 42.0 Å². The predicted octanol–water partition coefficient (Wildman–Crippen LogP) is -0.460. The van der Waals surface area contributed by atoms with Gasteiger partial charge in [-0.1, -0.05) is 0 Å². The molecule has 3 aliphatic heterocycles. The molecule has 0 atom stereocenters. The maximum absolute atomic E-state index is 12.9. The lowest BCUT2D eigenvalue weighted by Gasteiger charge is -2.38. The monoisotopic (exact) mass is 392 g/mol. The van der Waals surface area contributed by atoms with Crippen LogP contribution < -0.4 is 15.5 Å². The molecule has 144 valence electrons. The van der Waals surface area contributed by atoms with Crippen LogP contribution >= 0.6 is 0 Å². The molecule has 3 amide bonds. The third-order valence-electron chi connectivity index (χ3n) is 5.33. The molecular formula is C17H20N4O5S. The molecular weight excluding hydrogens is 372 g/mol. The molecule has 1 aromatic carbocycles. The van der Waals surface area contributed by atoms with Gasteiger partial charge >= 0.3 is 0 Å². The Morgan fingerprint density at radius 2 is 1.52 bits per heavy atom. The van der Waals surface area contributed by atoms with Crippen LogP contribution in [0.15, 0.2) is 29.2 Å². The van der Waals surface area contributed by atoms with Crippen molar-refractivity contribution in [1.29, 1.82) is 0 Å². The second kappa shape index (κ2) is 6.39. The summed E-state index contributed by atoms with van der Waals surface area (Å²) in [6.07, 6.45) is 1.34. The highest BCUT2D eigenvalue weighted by Crippen LogP contribution is 2.28. The van der Waals surface area contributed by atoms with E-state index in [1.165, 1.54) is 28.6 Å². The average molecular weight is 392 g/mol. The highest BCUT2D eigenvalue weighted by atomic mass is 32.2. The van der Waals surface area contributed by atoms with Gasteiger partial charge in [-0.3, -0.25) is 24.6 Å². The Morgan fingerprint density at radius 3 is 2.04 bits per heavy atom. The van der Waals surface area contributed by atoms with Gasteiger partial charge in [0.05, 0.1) is 22.8 Å².